The standard InChI is InChI=1S/C17H17N3O2S2/c1-12-19-14(11-23-12)15-6-5-13(24-15)7-8-18-16(21)10-20-9-3-2-4-17(20)22/h2-6,9,11H,7-8,10H2,1H3,(H,18,21). The average Bonchev–Trinajstić information content (AvgIpc) is 3.18. The number of aryl methyl sites for hydroxylation is 1. The highest BCUT2D eigenvalue weighted by molar-refractivity contribution is 7.16. The molecule has 0 aliphatic heterocycles. The number of hydrogen-bond acceptors (Lipinski definition) is 5. The molecule has 0 bridgehead atoms. The zero-order valence-electron chi connectivity index (χ0n) is 13.2. The van der Waals surface area contributed by atoms with Crippen molar-refractivity contribution < 1.29 is 4.79 Å². The van der Waals surface area contributed by atoms with Crippen LogP contribution in [0.25, 0.3) is 10.6 Å². The van der Waals surface area contributed by atoms with Crippen molar-refractivity contribution in [2.75, 3.05) is 6.54 Å². The zero-order chi connectivity index (χ0) is 16.9. The first-order chi connectivity index (χ1) is 11.6. The number of amides is 1. The van der Waals surface area contributed by atoms with Gasteiger partial charge in [0.25, 0.3) is 5.56 Å². The lowest BCUT2D eigenvalue weighted by Crippen LogP contribution is -2.32. The van der Waals surface area contributed by atoms with E-state index in [1.807, 2.05) is 6.92 Å². The quantitative estimate of drug-likeness (QED) is 0.736. The summed E-state index contributed by atoms with van der Waals surface area (Å²) in [6, 6.07) is 8.99. The lowest BCUT2D eigenvalue weighted by atomic mass is 10.3. The van der Waals surface area contributed by atoms with Gasteiger partial charge in [0, 0.05) is 29.1 Å². The number of aromatic nitrogens is 2. The van der Waals surface area contributed by atoms with Crippen LogP contribution in [0, 0.1) is 6.92 Å². The lowest BCUT2D eigenvalue weighted by molar-refractivity contribution is -0.121. The summed E-state index contributed by atoms with van der Waals surface area (Å²) < 4.78 is 1.39. The van der Waals surface area contributed by atoms with Gasteiger partial charge < -0.3 is 9.88 Å². The smallest absolute Gasteiger partial charge is 0.250 e. The number of pyridine rings is 1. The molecule has 0 aliphatic rings. The van der Waals surface area contributed by atoms with Crippen LogP contribution in [-0.2, 0) is 17.8 Å². The van der Waals surface area contributed by atoms with Gasteiger partial charge in [-0.3, -0.25) is 9.59 Å². The molecular formula is C17H17N3O2S2. The molecule has 3 rings (SSSR count). The number of nitrogens with zero attached hydrogens (tertiary/aromatic N) is 2. The highest BCUT2D eigenvalue weighted by atomic mass is 32.1. The van der Waals surface area contributed by atoms with Gasteiger partial charge in [0.1, 0.15) is 6.54 Å². The van der Waals surface area contributed by atoms with E-state index in [1.165, 1.54) is 15.5 Å². The Morgan fingerprint density at radius 1 is 1.29 bits per heavy atom. The molecule has 1 amide bonds. The predicted octanol–water partition coefficient (Wildman–Crippen LogP) is 2.70. The molecule has 24 heavy (non-hydrogen) atoms. The molecule has 0 radical (unpaired) electrons. The first-order valence-corrected chi connectivity index (χ1v) is 9.25. The predicted molar refractivity (Wildman–Crippen MR) is 97.6 cm³/mol. The molecule has 124 valence electrons. The molecule has 0 fully saturated rings. The van der Waals surface area contributed by atoms with Crippen LogP contribution in [0.5, 0.6) is 0 Å². The van der Waals surface area contributed by atoms with Gasteiger partial charge >= 0.3 is 0 Å². The first-order valence-electron chi connectivity index (χ1n) is 7.55. The summed E-state index contributed by atoms with van der Waals surface area (Å²) in [5.41, 5.74) is 0.843. The maximum absolute atomic E-state index is 11.9. The van der Waals surface area contributed by atoms with Crippen LogP contribution in [0.15, 0.2) is 46.7 Å². The fourth-order valence-electron chi connectivity index (χ4n) is 2.25. The Morgan fingerprint density at radius 3 is 2.92 bits per heavy atom. The molecular weight excluding hydrogens is 342 g/mol. The summed E-state index contributed by atoms with van der Waals surface area (Å²) in [4.78, 5) is 30.3. The van der Waals surface area contributed by atoms with Crippen LogP contribution < -0.4 is 10.9 Å². The van der Waals surface area contributed by atoms with Gasteiger partial charge in [0.2, 0.25) is 5.91 Å². The fourth-order valence-corrected chi connectivity index (χ4v) is 3.91. The number of nitrogens with one attached hydrogen (secondary N) is 1. The van der Waals surface area contributed by atoms with Gasteiger partial charge in [0.15, 0.2) is 0 Å². The number of carbonyl (C=O) groups is 1. The van der Waals surface area contributed by atoms with E-state index in [0.29, 0.717) is 6.54 Å². The van der Waals surface area contributed by atoms with E-state index in [0.717, 1.165) is 22.0 Å². The lowest BCUT2D eigenvalue weighted by Gasteiger charge is -2.06. The Kier molecular flexibility index (Phi) is 5.22. The number of thiazole rings is 1. The molecule has 3 heterocycles. The van der Waals surface area contributed by atoms with E-state index in [9.17, 15) is 9.59 Å². The molecule has 0 saturated heterocycles. The zero-order valence-corrected chi connectivity index (χ0v) is 14.8. The Balaban J connectivity index is 1.50. The molecule has 0 aliphatic carbocycles. The van der Waals surface area contributed by atoms with E-state index < -0.39 is 0 Å². The highest BCUT2D eigenvalue weighted by Crippen LogP contribution is 2.29. The van der Waals surface area contributed by atoms with Crippen LogP contribution in [0.1, 0.15) is 9.88 Å². The second-order valence-electron chi connectivity index (χ2n) is 5.28. The van der Waals surface area contributed by atoms with E-state index >= 15 is 0 Å². The van der Waals surface area contributed by atoms with Crippen molar-refractivity contribution in [2.24, 2.45) is 0 Å². The number of rotatable bonds is 6. The minimum Gasteiger partial charge on any atom is -0.354 e. The summed E-state index contributed by atoms with van der Waals surface area (Å²) in [5.74, 6) is -0.157. The van der Waals surface area contributed by atoms with Crippen molar-refractivity contribution in [3.8, 4) is 10.6 Å². The molecule has 5 nitrogen and oxygen atoms in total. The average molecular weight is 359 g/mol. The van der Waals surface area contributed by atoms with Crippen molar-refractivity contribution in [3.05, 3.63) is 62.1 Å². The Morgan fingerprint density at radius 2 is 2.17 bits per heavy atom. The second kappa shape index (κ2) is 7.55. The van der Waals surface area contributed by atoms with Crippen molar-refractivity contribution in [3.63, 3.8) is 0 Å². The third-order valence-electron chi connectivity index (χ3n) is 3.44. The minimum atomic E-state index is -0.172. The number of carbonyl (C=O) groups excluding carboxylic acids is 1. The van der Waals surface area contributed by atoms with E-state index in [-0.39, 0.29) is 18.0 Å². The summed E-state index contributed by atoms with van der Waals surface area (Å²) >= 11 is 3.34. The van der Waals surface area contributed by atoms with Crippen molar-refractivity contribution in [1.29, 1.82) is 0 Å². The summed E-state index contributed by atoms with van der Waals surface area (Å²) in [7, 11) is 0. The third-order valence-corrected chi connectivity index (χ3v) is 5.38. The van der Waals surface area contributed by atoms with E-state index in [1.54, 1.807) is 41.0 Å². The first kappa shape index (κ1) is 16.6. The summed E-state index contributed by atoms with van der Waals surface area (Å²) in [6.07, 6.45) is 2.38. The second-order valence-corrected chi connectivity index (χ2v) is 7.52. The van der Waals surface area contributed by atoms with Gasteiger partial charge in [0.05, 0.1) is 15.6 Å². The molecule has 3 aromatic heterocycles. The molecule has 0 saturated carbocycles. The molecule has 0 atom stereocenters. The monoisotopic (exact) mass is 359 g/mol. The summed E-state index contributed by atoms with van der Waals surface area (Å²) in [5, 5.41) is 5.97. The molecule has 0 unspecified atom stereocenters. The largest absolute Gasteiger partial charge is 0.354 e. The third kappa shape index (κ3) is 4.18. The van der Waals surface area contributed by atoms with Crippen molar-refractivity contribution >= 4 is 28.6 Å². The maximum Gasteiger partial charge on any atom is 0.250 e. The SMILES string of the molecule is Cc1nc(-c2ccc(CCNC(=O)Cn3ccccc3=O)s2)cs1. The normalized spacial score (nSPS) is 10.7. The van der Waals surface area contributed by atoms with Crippen LogP contribution in [-0.4, -0.2) is 22.0 Å². The van der Waals surface area contributed by atoms with Crippen LogP contribution >= 0.6 is 22.7 Å². The van der Waals surface area contributed by atoms with Gasteiger partial charge in [-0.15, -0.1) is 22.7 Å². The van der Waals surface area contributed by atoms with Crippen LogP contribution in [0.4, 0.5) is 0 Å². The van der Waals surface area contributed by atoms with Crippen LogP contribution in [0.3, 0.4) is 0 Å². The number of thiophene rings is 1. The molecule has 7 heteroatoms. The Bertz CT molecular complexity index is 895. The molecule has 0 aromatic carbocycles. The topological polar surface area (TPSA) is 64.0 Å². The summed E-state index contributed by atoms with van der Waals surface area (Å²) in [6.45, 7) is 2.60. The van der Waals surface area contributed by atoms with Gasteiger partial charge in [-0.25, -0.2) is 4.98 Å². The van der Waals surface area contributed by atoms with Crippen molar-refractivity contribution in [1.82, 2.24) is 14.9 Å². The maximum atomic E-state index is 11.9. The number of hydrogen-bond donors (Lipinski definition) is 1. The Labute approximate surface area is 147 Å². The Hall–Kier alpha value is -2.25. The van der Waals surface area contributed by atoms with E-state index in [2.05, 4.69) is 27.8 Å². The highest BCUT2D eigenvalue weighted by Gasteiger charge is 2.07. The molecule has 0 spiro atoms. The van der Waals surface area contributed by atoms with Crippen molar-refractivity contribution in [2.45, 2.75) is 19.9 Å². The molecule has 3 aromatic rings. The van der Waals surface area contributed by atoms with Crippen LogP contribution in [0.2, 0.25) is 0 Å². The molecule has 1 N–H and O–H groups in total. The fraction of sp³-hybridized carbons (Fsp3) is 0.235. The van der Waals surface area contributed by atoms with Gasteiger partial charge in [-0.05, 0) is 31.5 Å². The minimum absolute atomic E-state index is 0.0491. The van der Waals surface area contributed by atoms with E-state index in [4.69, 9.17) is 0 Å². The van der Waals surface area contributed by atoms with Gasteiger partial charge in [-0.2, -0.15) is 0 Å². The van der Waals surface area contributed by atoms with Gasteiger partial charge in [-0.1, -0.05) is 6.07 Å².